The third-order valence-electron chi connectivity index (χ3n) is 3.12. The molecule has 1 heterocycles. The van der Waals surface area contributed by atoms with E-state index in [4.69, 9.17) is 0 Å². The fourth-order valence-corrected chi connectivity index (χ4v) is 2.11. The number of carbonyl (C=O) groups is 2. The Morgan fingerprint density at radius 2 is 1.29 bits per heavy atom. The molecule has 2 rings (SSSR count). The highest BCUT2D eigenvalue weighted by molar-refractivity contribution is 6.15. The molecule has 0 atom stereocenters. The highest BCUT2D eigenvalue weighted by Gasteiger charge is 2.30. The van der Waals surface area contributed by atoms with Crippen LogP contribution in [0.15, 0.2) is 0 Å². The van der Waals surface area contributed by atoms with Crippen LogP contribution in [-0.2, 0) is 7.05 Å². The predicted molar refractivity (Wildman–Crippen MR) is 52.8 cm³/mol. The van der Waals surface area contributed by atoms with Crippen LogP contribution in [0.3, 0.4) is 0 Å². The molecular formula is C11H13NO2. The largest absolute Gasteiger partial charge is 0.351 e. The van der Waals surface area contributed by atoms with Gasteiger partial charge >= 0.3 is 0 Å². The third-order valence-corrected chi connectivity index (χ3v) is 3.12. The Morgan fingerprint density at radius 3 is 1.64 bits per heavy atom. The molecule has 1 aromatic heterocycles. The van der Waals surface area contributed by atoms with Gasteiger partial charge in [0.05, 0.1) is 0 Å². The quantitative estimate of drug-likeness (QED) is 0.627. The summed E-state index contributed by atoms with van der Waals surface area (Å²) in [6.07, 6.45) is 0.742. The predicted octanol–water partition coefficient (Wildman–Crippen LogP) is 1.80. The van der Waals surface area contributed by atoms with Crippen molar-refractivity contribution in [2.45, 2.75) is 26.7 Å². The molecule has 0 saturated heterocycles. The Morgan fingerprint density at radius 1 is 0.929 bits per heavy atom. The van der Waals surface area contributed by atoms with Crippen molar-refractivity contribution in [2.75, 3.05) is 0 Å². The zero-order chi connectivity index (χ0) is 10.5. The molecule has 1 aliphatic rings. The topological polar surface area (TPSA) is 39.1 Å². The average molecular weight is 191 g/mol. The van der Waals surface area contributed by atoms with E-state index in [1.807, 2.05) is 25.5 Å². The molecule has 1 aliphatic carbocycles. The van der Waals surface area contributed by atoms with Crippen LogP contribution in [0.1, 0.15) is 44.9 Å². The second-order valence-electron chi connectivity index (χ2n) is 3.83. The Kier molecular flexibility index (Phi) is 1.84. The van der Waals surface area contributed by atoms with Crippen LogP contribution in [0.25, 0.3) is 0 Å². The molecule has 0 aromatic carbocycles. The molecule has 3 heteroatoms. The zero-order valence-corrected chi connectivity index (χ0v) is 8.68. The minimum Gasteiger partial charge on any atom is -0.351 e. The summed E-state index contributed by atoms with van der Waals surface area (Å²) in [4.78, 5) is 23.3. The molecule has 0 aliphatic heterocycles. The first-order valence-electron chi connectivity index (χ1n) is 4.76. The van der Waals surface area contributed by atoms with Crippen molar-refractivity contribution in [2.24, 2.45) is 7.05 Å². The summed E-state index contributed by atoms with van der Waals surface area (Å²) in [6, 6.07) is 0. The summed E-state index contributed by atoms with van der Waals surface area (Å²) in [5.41, 5.74) is 3.13. The van der Waals surface area contributed by atoms with Gasteiger partial charge in [0.25, 0.3) is 0 Å². The number of aromatic nitrogens is 1. The van der Waals surface area contributed by atoms with Crippen LogP contribution >= 0.6 is 0 Å². The van der Waals surface area contributed by atoms with Crippen molar-refractivity contribution in [3.63, 3.8) is 0 Å². The number of carbonyl (C=O) groups excluding carboxylic acids is 2. The van der Waals surface area contributed by atoms with E-state index in [2.05, 4.69) is 0 Å². The van der Waals surface area contributed by atoms with Gasteiger partial charge in [-0.15, -0.1) is 0 Å². The standard InChI is InChI=1S/C11H13NO2/c1-6-10-8(13)4-5-9(14)11(10)7(2)12(6)3/h4-5H2,1-3H3. The minimum atomic E-state index is 0.112. The van der Waals surface area contributed by atoms with E-state index in [1.165, 1.54) is 0 Å². The maximum atomic E-state index is 11.7. The fraction of sp³-hybridized carbons (Fsp3) is 0.455. The molecule has 14 heavy (non-hydrogen) atoms. The lowest BCUT2D eigenvalue weighted by Gasteiger charge is -2.09. The van der Waals surface area contributed by atoms with Crippen molar-refractivity contribution in [1.82, 2.24) is 4.57 Å². The van der Waals surface area contributed by atoms with Gasteiger partial charge in [0, 0.05) is 42.4 Å². The van der Waals surface area contributed by atoms with Crippen molar-refractivity contribution in [3.05, 3.63) is 22.5 Å². The molecule has 3 nitrogen and oxygen atoms in total. The lowest BCUT2D eigenvalue weighted by Crippen LogP contribution is -2.16. The molecular weight excluding hydrogens is 178 g/mol. The summed E-state index contributed by atoms with van der Waals surface area (Å²) in [5.74, 6) is 0.224. The number of hydrogen-bond acceptors (Lipinski definition) is 2. The number of hydrogen-bond donors (Lipinski definition) is 0. The summed E-state index contributed by atoms with van der Waals surface area (Å²) < 4.78 is 1.92. The van der Waals surface area contributed by atoms with Crippen molar-refractivity contribution < 1.29 is 9.59 Å². The SMILES string of the molecule is Cc1c2c(c(C)n1C)C(=O)CCC2=O. The van der Waals surface area contributed by atoms with Crippen LogP contribution in [0.5, 0.6) is 0 Å². The van der Waals surface area contributed by atoms with E-state index in [0.29, 0.717) is 24.0 Å². The number of fused-ring (bicyclic) bond motifs is 1. The Hall–Kier alpha value is -1.38. The van der Waals surface area contributed by atoms with Gasteiger partial charge in [-0.3, -0.25) is 9.59 Å². The number of Topliss-reactive ketones (excluding diaryl/α,β-unsaturated/α-hetero) is 2. The highest BCUT2D eigenvalue weighted by atomic mass is 16.1. The van der Waals surface area contributed by atoms with Crippen LogP contribution < -0.4 is 0 Å². The molecule has 74 valence electrons. The van der Waals surface area contributed by atoms with E-state index < -0.39 is 0 Å². The molecule has 0 unspecified atom stereocenters. The second kappa shape index (κ2) is 2.80. The van der Waals surface area contributed by atoms with Gasteiger partial charge in [0.2, 0.25) is 0 Å². The van der Waals surface area contributed by atoms with Gasteiger partial charge in [-0.25, -0.2) is 0 Å². The first-order chi connectivity index (χ1) is 6.54. The summed E-state index contributed by atoms with van der Waals surface area (Å²) in [5, 5.41) is 0. The van der Waals surface area contributed by atoms with Gasteiger partial charge in [-0.1, -0.05) is 0 Å². The van der Waals surface area contributed by atoms with Crippen molar-refractivity contribution >= 4 is 11.6 Å². The van der Waals surface area contributed by atoms with Gasteiger partial charge in [0.1, 0.15) is 0 Å². The number of nitrogens with zero attached hydrogens (tertiary/aromatic N) is 1. The average Bonchev–Trinajstić information content (AvgIpc) is 2.38. The first-order valence-corrected chi connectivity index (χ1v) is 4.76. The zero-order valence-electron chi connectivity index (χ0n) is 8.68. The maximum absolute atomic E-state index is 11.7. The summed E-state index contributed by atoms with van der Waals surface area (Å²) >= 11 is 0. The summed E-state index contributed by atoms with van der Waals surface area (Å²) in [6.45, 7) is 3.78. The van der Waals surface area contributed by atoms with E-state index in [1.54, 1.807) is 0 Å². The Labute approximate surface area is 82.7 Å². The lowest BCUT2D eigenvalue weighted by atomic mass is 9.90. The number of rotatable bonds is 0. The lowest BCUT2D eigenvalue weighted by molar-refractivity contribution is 0.0890. The third kappa shape index (κ3) is 0.983. The highest BCUT2D eigenvalue weighted by Crippen LogP contribution is 2.28. The Bertz CT molecular complexity index is 401. The van der Waals surface area contributed by atoms with Gasteiger partial charge < -0.3 is 4.57 Å². The van der Waals surface area contributed by atoms with E-state index in [9.17, 15) is 9.59 Å². The van der Waals surface area contributed by atoms with Gasteiger partial charge in [-0.05, 0) is 13.8 Å². The molecule has 1 aromatic rings. The first kappa shape index (κ1) is 9.19. The van der Waals surface area contributed by atoms with E-state index in [0.717, 1.165) is 11.4 Å². The second-order valence-corrected chi connectivity index (χ2v) is 3.83. The van der Waals surface area contributed by atoms with Crippen molar-refractivity contribution in [1.29, 1.82) is 0 Å². The van der Waals surface area contributed by atoms with Crippen LogP contribution in [-0.4, -0.2) is 16.1 Å². The molecule has 0 amide bonds. The van der Waals surface area contributed by atoms with Crippen LogP contribution in [0, 0.1) is 13.8 Å². The molecule has 0 spiro atoms. The van der Waals surface area contributed by atoms with Crippen molar-refractivity contribution in [3.8, 4) is 0 Å². The normalized spacial score (nSPS) is 15.9. The number of ketones is 2. The van der Waals surface area contributed by atoms with Crippen LogP contribution in [0.4, 0.5) is 0 Å². The fourth-order valence-electron chi connectivity index (χ4n) is 2.11. The minimum absolute atomic E-state index is 0.112. The monoisotopic (exact) mass is 191 g/mol. The molecule has 0 fully saturated rings. The van der Waals surface area contributed by atoms with E-state index in [-0.39, 0.29) is 11.6 Å². The summed E-state index contributed by atoms with van der Waals surface area (Å²) in [7, 11) is 1.89. The van der Waals surface area contributed by atoms with Crippen LogP contribution in [0.2, 0.25) is 0 Å². The molecule has 0 radical (unpaired) electrons. The molecule has 0 N–H and O–H groups in total. The van der Waals surface area contributed by atoms with Gasteiger partial charge in [-0.2, -0.15) is 0 Å². The smallest absolute Gasteiger partial charge is 0.165 e. The molecule has 0 saturated carbocycles. The van der Waals surface area contributed by atoms with Gasteiger partial charge in [0.15, 0.2) is 11.6 Å². The maximum Gasteiger partial charge on any atom is 0.165 e. The Balaban J connectivity index is 2.79. The van der Waals surface area contributed by atoms with E-state index >= 15 is 0 Å². The molecule has 0 bridgehead atoms.